The molecular formula is C14H17N3O. The lowest BCUT2D eigenvalue weighted by atomic mass is 10.1. The van der Waals surface area contributed by atoms with E-state index in [-0.39, 0.29) is 5.56 Å². The van der Waals surface area contributed by atoms with Crippen LogP contribution < -0.4 is 5.56 Å². The predicted molar refractivity (Wildman–Crippen MR) is 72.5 cm³/mol. The first-order valence-corrected chi connectivity index (χ1v) is 5.95. The Morgan fingerprint density at radius 2 is 1.83 bits per heavy atom. The highest BCUT2D eigenvalue weighted by molar-refractivity contribution is 5.57. The van der Waals surface area contributed by atoms with E-state index in [4.69, 9.17) is 0 Å². The van der Waals surface area contributed by atoms with Gasteiger partial charge in [-0.1, -0.05) is 30.3 Å². The van der Waals surface area contributed by atoms with Gasteiger partial charge in [-0.2, -0.15) is 5.10 Å². The molecule has 4 heteroatoms. The first-order valence-electron chi connectivity index (χ1n) is 5.95. The van der Waals surface area contributed by atoms with Gasteiger partial charge < -0.3 is 4.90 Å². The highest BCUT2D eigenvalue weighted by atomic mass is 16.1. The van der Waals surface area contributed by atoms with E-state index < -0.39 is 0 Å². The normalized spacial score (nSPS) is 10.8. The van der Waals surface area contributed by atoms with Crippen molar-refractivity contribution in [1.29, 1.82) is 0 Å². The van der Waals surface area contributed by atoms with Crippen LogP contribution in [-0.2, 0) is 6.54 Å². The van der Waals surface area contributed by atoms with Gasteiger partial charge in [0.25, 0.3) is 5.56 Å². The second-order valence-corrected chi connectivity index (χ2v) is 4.45. The molecule has 0 saturated carbocycles. The molecule has 0 N–H and O–H groups in total. The molecule has 18 heavy (non-hydrogen) atoms. The van der Waals surface area contributed by atoms with Crippen molar-refractivity contribution in [2.45, 2.75) is 6.54 Å². The van der Waals surface area contributed by atoms with Gasteiger partial charge in [0.1, 0.15) is 0 Å². The Morgan fingerprint density at radius 1 is 1.11 bits per heavy atom. The summed E-state index contributed by atoms with van der Waals surface area (Å²) in [7, 11) is 3.96. The first kappa shape index (κ1) is 12.5. The summed E-state index contributed by atoms with van der Waals surface area (Å²) in [5.41, 5.74) is 1.79. The largest absolute Gasteiger partial charge is 0.308 e. The molecule has 0 amide bonds. The maximum atomic E-state index is 11.7. The lowest BCUT2D eigenvalue weighted by molar-refractivity contribution is 0.368. The number of likely N-dealkylation sites (N-methyl/N-ethyl adjacent to an activating group) is 1. The molecule has 0 fully saturated rings. The van der Waals surface area contributed by atoms with Crippen molar-refractivity contribution < 1.29 is 0 Å². The van der Waals surface area contributed by atoms with Gasteiger partial charge in [-0.15, -0.1) is 0 Å². The summed E-state index contributed by atoms with van der Waals surface area (Å²) in [5, 5.41) is 4.39. The van der Waals surface area contributed by atoms with E-state index in [0.29, 0.717) is 6.54 Å². The average Bonchev–Trinajstić information content (AvgIpc) is 2.38. The molecule has 2 aromatic rings. The third-order valence-electron chi connectivity index (χ3n) is 2.70. The van der Waals surface area contributed by atoms with Crippen LogP contribution in [0.5, 0.6) is 0 Å². The zero-order valence-electron chi connectivity index (χ0n) is 10.7. The molecule has 1 aromatic heterocycles. The second-order valence-electron chi connectivity index (χ2n) is 4.45. The molecule has 0 bridgehead atoms. The van der Waals surface area contributed by atoms with Gasteiger partial charge in [0.05, 0.1) is 12.2 Å². The first-order chi connectivity index (χ1) is 8.66. The van der Waals surface area contributed by atoms with Crippen molar-refractivity contribution in [3.8, 4) is 11.3 Å². The maximum absolute atomic E-state index is 11.7. The van der Waals surface area contributed by atoms with Gasteiger partial charge in [0.15, 0.2) is 0 Å². The summed E-state index contributed by atoms with van der Waals surface area (Å²) >= 11 is 0. The molecule has 0 spiro atoms. The van der Waals surface area contributed by atoms with E-state index in [2.05, 4.69) is 5.10 Å². The van der Waals surface area contributed by atoms with Crippen molar-refractivity contribution in [2.75, 3.05) is 20.6 Å². The van der Waals surface area contributed by atoms with Gasteiger partial charge in [0, 0.05) is 18.2 Å². The van der Waals surface area contributed by atoms with Crippen LogP contribution in [0, 0.1) is 0 Å². The Morgan fingerprint density at radius 3 is 2.50 bits per heavy atom. The highest BCUT2D eigenvalue weighted by Gasteiger charge is 2.03. The lowest BCUT2D eigenvalue weighted by Gasteiger charge is -2.11. The summed E-state index contributed by atoms with van der Waals surface area (Å²) in [5.74, 6) is 0. The lowest BCUT2D eigenvalue weighted by Crippen LogP contribution is -2.28. The van der Waals surface area contributed by atoms with Crippen LogP contribution in [0.2, 0.25) is 0 Å². The minimum Gasteiger partial charge on any atom is -0.308 e. The van der Waals surface area contributed by atoms with Gasteiger partial charge in [-0.25, -0.2) is 4.68 Å². The third kappa shape index (κ3) is 3.05. The van der Waals surface area contributed by atoms with Crippen molar-refractivity contribution >= 4 is 0 Å². The number of benzene rings is 1. The minimum atomic E-state index is -0.0588. The van der Waals surface area contributed by atoms with Gasteiger partial charge in [-0.3, -0.25) is 4.79 Å². The second kappa shape index (κ2) is 5.60. The van der Waals surface area contributed by atoms with Crippen LogP contribution in [0.1, 0.15) is 0 Å². The monoisotopic (exact) mass is 243 g/mol. The third-order valence-corrected chi connectivity index (χ3v) is 2.70. The quantitative estimate of drug-likeness (QED) is 0.816. The molecule has 0 saturated heterocycles. The van der Waals surface area contributed by atoms with Crippen molar-refractivity contribution in [3.05, 3.63) is 52.8 Å². The van der Waals surface area contributed by atoms with Crippen LogP contribution in [0.3, 0.4) is 0 Å². The summed E-state index contributed by atoms with van der Waals surface area (Å²) < 4.78 is 1.52. The number of hydrogen-bond donors (Lipinski definition) is 0. The van der Waals surface area contributed by atoms with Crippen LogP contribution in [-0.4, -0.2) is 35.3 Å². The molecule has 1 aromatic carbocycles. The summed E-state index contributed by atoms with van der Waals surface area (Å²) in [6.45, 7) is 1.40. The van der Waals surface area contributed by atoms with Crippen molar-refractivity contribution in [3.63, 3.8) is 0 Å². The van der Waals surface area contributed by atoms with E-state index in [1.807, 2.05) is 49.3 Å². The molecule has 1 heterocycles. The molecule has 0 aliphatic carbocycles. The molecule has 94 valence electrons. The fourth-order valence-corrected chi connectivity index (χ4v) is 1.67. The van der Waals surface area contributed by atoms with Crippen LogP contribution in [0.4, 0.5) is 0 Å². The Bertz CT molecular complexity index is 561. The fraction of sp³-hybridized carbons (Fsp3) is 0.286. The van der Waals surface area contributed by atoms with Gasteiger partial charge in [-0.05, 0) is 20.2 Å². The molecular weight excluding hydrogens is 226 g/mol. The molecule has 4 nitrogen and oxygen atoms in total. The fourth-order valence-electron chi connectivity index (χ4n) is 1.67. The number of aromatic nitrogens is 2. The van der Waals surface area contributed by atoms with E-state index >= 15 is 0 Å². The molecule has 0 aliphatic heterocycles. The summed E-state index contributed by atoms with van der Waals surface area (Å²) in [6.07, 6.45) is 0. The Balaban J connectivity index is 2.29. The van der Waals surface area contributed by atoms with Crippen LogP contribution in [0.15, 0.2) is 47.3 Å². The van der Waals surface area contributed by atoms with Gasteiger partial charge in [0.2, 0.25) is 0 Å². The molecule has 0 radical (unpaired) electrons. The zero-order chi connectivity index (χ0) is 13.0. The number of rotatable bonds is 4. The van der Waals surface area contributed by atoms with Gasteiger partial charge >= 0.3 is 0 Å². The van der Waals surface area contributed by atoms with E-state index in [1.54, 1.807) is 12.1 Å². The van der Waals surface area contributed by atoms with E-state index in [1.165, 1.54) is 4.68 Å². The average molecular weight is 243 g/mol. The molecule has 0 aliphatic rings. The predicted octanol–water partition coefficient (Wildman–Crippen LogP) is 1.47. The van der Waals surface area contributed by atoms with E-state index in [0.717, 1.165) is 17.8 Å². The van der Waals surface area contributed by atoms with Crippen LogP contribution in [0.25, 0.3) is 11.3 Å². The van der Waals surface area contributed by atoms with Crippen molar-refractivity contribution in [1.82, 2.24) is 14.7 Å². The SMILES string of the molecule is CN(C)CCn1nc(-c2ccccc2)ccc1=O. The topological polar surface area (TPSA) is 38.1 Å². The van der Waals surface area contributed by atoms with Crippen molar-refractivity contribution in [2.24, 2.45) is 0 Å². The minimum absolute atomic E-state index is 0.0588. The maximum Gasteiger partial charge on any atom is 0.266 e. The standard InChI is InChI=1S/C14H17N3O/c1-16(2)10-11-17-14(18)9-8-13(15-17)12-6-4-3-5-7-12/h3-9H,10-11H2,1-2H3. The summed E-state index contributed by atoms with van der Waals surface area (Å²) in [4.78, 5) is 13.7. The van der Waals surface area contributed by atoms with E-state index in [9.17, 15) is 4.79 Å². The highest BCUT2D eigenvalue weighted by Crippen LogP contribution is 2.13. The molecule has 0 atom stereocenters. The molecule has 0 unspecified atom stereocenters. The van der Waals surface area contributed by atoms with Crippen LogP contribution >= 0.6 is 0 Å². The zero-order valence-corrected chi connectivity index (χ0v) is 10.7. The Labute approximate surface area is 106 Å². The molecule has 2 rings (SSSR count). The Kier molecular flexibility index (Phi) is 3.89. The number of hydrogen-bond acceptors (Lipinski definition) is 3. The smallest absolute Gasteiger partial charge is 0.266 e. The number of nitrogens with zero attached hydrogens (tertiary/aromatic N) is 3. The Hall–Kier alpha value is -1.94. The summed E-state index contributed by atoms with van der Waals surface area (Å²) in [6, 6.07) is 13.2.